The highest BCUT2D eigenvalue weighted by Gasteiger charge is 2.28. The molecule has 2 rings (SSSR count). The molecule has 2 amide bonds. The monoisotopic (exact) mass is 328 g/mol. The summed E-state index contributed by atoms with van der Waals surface area (Å²) in [5.41, 5.74) is 0.0929. The van der Waals surface area contributed by atoms with Crippen molar-refractivity contribution in [2.24, 2.45) is 0 Å². The number of benzene rings is 1. The Kier molecular flexibility index (Phi) is 4.87. The second kappa shape index (κ2) is 6.67. The number of hydrogen-bond acceptors (Lipinski definition) is 3. The van der Waals surface area contributed by atoms with Gasteiger partial charge in [-0.25, -0.2) is 9.78 Å². The minimum Gasteiger partial charge on any atom is -0.329 e. The van der Waals surface area contributed by atoms with Crippen LogP contribution in [0.1, 0.15) is 12.7 Å². The van der Waals surface area contributed by atoms with Gasteiger partial charge in [-0.15, -0.1) is 0 Å². The Morgan fingerprint density at radius 2 is 2.04 bits per heavy atom. The topological polar surface area (TPSA) is 78.1 Å². The number of aromatic amines is 1. The lowest BCUT2D eigenvalue weighted by Gasteiger charge is -2.21. The quantitative estimate of drug-likeness (QED) is 0.901. The number of H-pyrrole nitrogens is 1. The summed E-state index contributed by atoms with van der Waals surface area (Å²) in [5.74, 6) is 0.206. The molecule has 0 radical (unpaired) electrons. The number of urea groups is 1. The summed E-state index contributed by atoms with van der Waals surface area (Å²) in [4.78, 5) is 31.6. The Bertz CT molecular complexity index is 758. The number of nitrogens with one attached hydrogen (secondary N) is 2. The first-order chi connectivity index (χ1) is 10.8. The number of alkyl halides is 3. The van der Waals surface area contributed by atoms with Crippen LogP contribution in [0.25, 0.3) is 10.9 Å². The van der Waals surface area contributed by atoms with E-state index < -0.39 is 18.8 Å². The molecular weight excluding hydrogens is 313 g/mol. The van der Waals surface area contributed by atoms with Crippen LogP contribution in [0.4, 0.5) is 18.0 Å². The van der Waals surface area contributed by atoms with E-state index in [9.17, 15) is 22.8 Å². The van der Waals surface area contributed by atoms with Gasteiger partial charge in [0.25, 0.3) is 5.56 Å². The van der Waals surface area contributed by atoms with Crippen molar-refractivity contribution in [2.45, 2.75) is 19.6 Å². The molecule has 23 heavy (non-hydrogen) atoms. The molecule has 6 nitrogen and oxygen atoms in total. The third kappa shape index (κ3) is 4.44. The van der Waals surface area contributed by atoms with Crippen LogP contribution in [0.2, 0.25) is 0 Å². The van der Waals surface area contributed by atoms with Crippen molar-refractivity contribution < 1.29 is 18.0 Å². The van der Waals surface area contributed by atoms with E-state index in [1.165, 1.54) is 0 Å². The fraction of sp³-hybridized carbons (Fsp3) is 0.357. The van der Waals surface area contributed by atoms with Crippen LogP contribution < -0.4 is 10.9 Å². The maximum Gasteiger partial charge on any atom is 0.405 e. The largest absolute Gasteiger partial charge is 0.405 e. The molecule has 0 atom stereocenters. The normalized spacial score (nSPS) is 11.5. The van der Waals surface area contributed by atoms with Crippen LogP contribution in [0.3, 0.4) is 0 Å². The van der Waals surface area contributed by atoms with Gasteiger partial charge in [0, 0.05) is 6.54 Å². The first-order valence-corrected chi connectivity index (χ1v) is 6.87. The molecule has 0 unspecified atom stereocenters. The van der Waals surface area contributed by atoms with E-state index in [1.54, 1.807) is 36.5 Å². The first kappa shape index (κ1) is 16.8. The van der Waals surface area contributed by atoms with E-state index >= 15 is 0 Å². The third-order valence-electron chi connectivity index (χ3n) is 3.11. The van der Waals surface area contributed by atoms with Gasteiger partial charge in [0.2, 0.25) is 0 Å². The number of fused-ring (bicyclic) bond motifs is 1. The lowest BCUT2D eigenvalue weighted by molar-refractivity contribution is -0.123. The lowest BCUT2D eigenvalue weighted by Crippen LogP contribution is -2.43. The Hall–Kier alpha value is -2.58. The molecule has 0 bridgehead atoms. The fourth-order valence-electron chi connectivity index (χ4n) is 2.01. The molecule has 1 heterocycles. The molecule has 2 aromatic rings. The highest BCUT2D eigenvalue weighted by molar-refractivity contribution is 5.77. The van der Waals surface area contributed by atoms with Crippen molar-refractivity contribution in [2.75, 3.05) is 13.1 Å². The number of carbonyl (C=O) groups excluding carboxylic acids is 1. The van der Waals surface area contributed by atoms with Gasteiger partial charge < -0.3 is 15.2 Å². The molecule has 0 aliphatic carbocycles. The van der Waals surface area contributed by atoms with Gasteiger partial charge in [-0.2, -0.15) is 13.2 Å². The van der Waals surface area contributed by atoms with Crippen LogP contribution in [0, 0.1) is 0 Å². The zero-order chi connectivity index (χ0) is 17.0. The molecule has 1 aromatic carbocycles. The number of rotatable bonds is 4. The molecule has 0 aliphatic rings. The van der Waals surface area contributed by atoms with Crippen LogP contribution in [-0.2, 0) is 6.54 Å². The summed E-state index contributed by atoms with van der Waals surface area (Å²) >= 11 is 0. The highest BCUT2D eigenvalue weighted by Crippen LogP contribution is 2.12. The molecule has 0 saturated carbocycles. The van der Waals surface area contributed by atoms with E-state index in [1.807, 2.05) is 0 Å². The molecule has 0 aliphatic heterocycles. The van der Waals surface area contributed by atoms with E-state index in [4.69, 9.17) is 0 Å². The van der Waals surface area contributed by atoms with E-state index in [-0.39, 0.29) is 24.5 Å². The molecule has 124 valence electrons. The van der Waals surface area contributed by atoms with Crippen molar-refractivity contribution in [1.82, 2.24) is 20.2 Å². The molecule has 1 aromatic heterocycles. The van der Waals surface area contributed by atoms with Gasteiger partial charge in [-0.05, 0) is 19.1 Å². The molecular formula is C14H15F3N4O2. The van der Waals surface area contributed by atoms with Crippen molar-refractivity contribution >= 4 is 16.9 Å². The van der Waals surface area contributed by atoms with E-state index in [0.29, 0.717) is 10.9 Å². The minimum atomic E-state index is -4.48. The van der Waals surface area contributed by atoms with Crippen LogP contribution >= 0.6 is 0 Å². The standard InChI is InChI=1S/C14H15F3N4O2/c1-2-21(13(23)18-8-14(15,16)17)7-11-19-10-6-4-3-5-9(10)12(22)20-11/h3-6H,2,7-8H2,1H3,(H,18,23)(H,19,20,22). The number of halogens is 3. The van der Waals surface area contributed by atoms with Crippen molar-refractivity contribution in [3.63, 3.8) is 0 Å². The number of nitrogens with zero attached hydrogens (tertiary/aromatic N) is 2. The van der Waals surface area contributed by atoms with Crippen LogP contribution in [0.5, 0.6) is 0 Å². The summed E-state index contributed by atoms with van der Waals surface area (Å²) in [6.45, 7) is 0.275. The zero-order valence-corrected chi connectivity index (χ0v) is 12.3. The Balaban J connectivity index is 2.15. The Morgan fingerprint density at radius 3 is 2.70 bits per heavy atom. The van der Waals surface area contributed by atoms with E-state index in [0.717, 1.165) is 4.90 Å². The van der Waals surface area contributed by atoms with Gasteiger partial charge in [0.1, 0.15) is 12.4 Å². The summed E-state index contributed by atoms with van der Waals surface area (Å²) in [5, 5.41) is 2.19. The average Bonchev–Trinajstić information content (AvgIpc) is 2.49. The number of amides is 2. The fourth-order valence-corrected chi connectivity index (χ4v) is 2.01. The van der Waals surface area contributed by atoms with Crippen molar-refractivity contribution in [3.8, 4) is 0 Å². The average molecular weight is 328 g/mol. The van der Waals surface area contributed by atoms with Crippen molar-refractivity contribution in [1.29, 1.82) is 0 Å². The van der Waals surface area contributed by atoms with Gasteiger partial charge in [0.05, 0.1) is 17.4 Å². The summed E-state index contributed by atoms with van der Waals surface area (Å²) in [7, 11) is 0. The van der Waals surface area contributed by atoms with Gasteiger partial charge in [-0.3, -0.25) is 4.79 Å². The third-order valence-corrected chi connectivity index (χ3v) is 3.11. The number of hydrogen-bond donors (Lipinski definition) is 2. The predicted molar refractivity (Wildman–Crippen MR) is 77.9 cm³/mol. The molecule has 0 saturated heterocycles. The molecule has 0 spiro atoms. The number of para-hydroxylation sites is 1. The molecule has 0 fully saturated rings. The zero-order valence-electron chi connectivity index (χ0n) is 12.3. The Labute approximate surface area is 129 Å². The highest BCUT2D eigenvalue weighted by atomic mass is 19.4. The molecule has 9 heteroatoms. The van der Waals surface area contributed by atoms with E-state index in [2.05, 4.69) is 9.97 Å². The summed E-state index contributed by atoms with van der Waals surface area (Å²) < 4.78 is 36.4. The predicted octanol–water partition coefficient (Wildman–Crippen LogP) is 2.02. The van der Waals surface area contributed by atoms with Gasteiger partial charge >= 0.3 is 12.2 Å². The number of carbonyl (C=O) groups is 1. The lowest BCUT2D eigenvalue weighted by atomic mass is 10.2. The molecule has 2 N–H and O–H groups in total. The van der Waals surface area contributed by atoms with Crippen LogP contribution in [0.15, 0.2) is 29.1 Å². The van der Waals surface area contributed by atoms with Crippen LogP contribution in [-0.4, -0.2) is 40.2 Å². The van der Waals surface area contributed by atoms with Gasteiger partial charge in [0.15, 0.2) is 0 Å². The SMILES string of the molecule is CCN(Cc1nc2ccccc2c(=O)[nH]1)C(=O)NCC(F)(F)F. The summed E-state index contributed by atoms with van der Waals surface area (Å²) in [6.07, 6.45) is -4.48. The maximum absolute atomic E-state index is 12.1. The first-order valence-electron chi connectivity index (χ1n) is 6.87. The second-order valence-electron chi connectivity index (χ2n) is 4.82. The minimum absolute atomic E-state index is 0.0970. The number of aromatic nitrogens is 2. The second-order valence-corrected chi connectivity index (χ2v) is 4.82. The smallest absolute Gasteiger partial charge is 0.329 e. The summed E-state index contributed by atoms with van der Waals surface area (Å²) in [6, 6.07) is 5.79. The Morgan fingerprint density at radius 1 is 1.35 bits per heavy atom. The van der Waals surface area contributed by atoms with Crippen molar-refractivity contribution in [3.05, 3.63) is 40.4 Å². The maximum atomic E-state index is 12.1. The van der Waals surface area contributed by atoms with Gasteiger partial charge in [-0.1, -0.05) is 12.1 Å².